The number of thiophene rings is 1. The van der Waals surface area contributed by atoms with Crippen LogP contribution in [0.3, 0.4) is 0 Å². The van der Waals surface area contributed by atoms with Gasteiger partial charge in [-0.15, -0.1) is 11.3 Å². The van der Waals surface area contributed by atoms with Crippen molar-refractivity contribution < 1.29 is 22.7 Å². The van der Waals surface area contributed by atoms with Crippen LogP contribution in [0.1, 0.15) is 77.8 Å². The van der Waals surface area contributed by atoms with Gasteiger partial charge < -0.3 is 15.4 Å². The Balaban J connectivity index is 1.45. The molecule has 0 spiro atoms. The van der Waals surface area contributed by atoms with Crippen LogP contribution in [0, 0.1) is 22.7 Å². The van der Waals surface area contributed by atoms with Crippen LogP contribution in [-0.4, -0.2) is 29.0 Å². The van der Waals surface area contributed by atoms with Crippen LogP contribution in [0.25, 0.3) is 0 Å². The molecule has 2 N–H and O–H groups in total. The van der Waals surface area contributed by atoms with E-state index in [9.17, 15) is 23.2 Å². The lowest BCUT2D eigenvalue weighted by Gasteiger charge is -2.33. The van der Waals surface area contributed by atoms with Gasteiger partial charge in [-0.25, -0.2) is 4.68 Å². The largest absolute Gasteiger partial charge is 0.497 e. The van der Waals surface area contributed by atoms with Gasteiger partial charge in [0.2, 0.25) is 0 Å². The molecular weight excluding hydrogens is 607 g/mol. The highest BCUT2D eigenvalue weighted by Crippen LogP contribution is 2.47. The maximum atomic E-state index is 14.2. The highest BCUT2D eigenvalue weighted by atomic mass is 79.9. The van der Waals surface area contributed by atoms with Crippen molar-refractivity contribution in [3.8, 4) is 11.8 Å². The maximum absolute atomic E-state index is 14.2. The number of fused-ring (bicyclic) bond motifs is 2. The number of methoxy groups -OCH3 is 1. The molecule has 40 heavy (non-hydrogen) atoms. The Morgan fingerprint density at radius 1 is 1.27 bits per heavy atom. The Morgan fingerprint density at radius 3 is 2.58 bits per heavy atom. The van der Waals surface area contributed by atoms with E-state index in [1.807, 2.05) is 0 Å². The lowest BCUT2D eigenvalue weighted by Crippen LogP contribution is -2.35. The average Bonchev–Trinajstić information content (AvgIpc) is 3.43. The number of benzene rings is 1. The van der Waals surface area contributed by atoms with E-state index in [0.717, 1.165) is 34.4 Å². The lowest BCUT2D eigenvalue weighted by molar-refractivity contribution is -0.173. The van der Waals surface area contributed by atoms with E-state index in [4.69, 9.17) is 4.74 Å². The fourth-order valence-corrected chi connectivity index (χ4v) is 7.31. The summed E-state index contributed by atoms with van der Waals surface area (Å²) in [6.45, 7) is 6.59. The minimum atomic E-state index is -4.59. The number of anilines is 2. The molecule has 0 radical (unpaired) electrons. The van der Waals surface area contributed by atoms with Crippen LogP contribution in [0.4, 0.5) is 24.0 Å². The van der Waals surface area contributed by atoms with Gasteiger partial charge in [-0.2, -0.15) is 23.5 Å². The van der Waals surface area contributed by atoms with Crippen molar-refractivity contribution in [3.63, 3.8) is 0 Å². The Hall–Kier alpha value is -3.04. The molecule has 212 valence electrons. The summed E-state index contributed by atoms with van der Waals surface area (Å²) in [6.07, 6.45) is -2.37. The van der Waals surface area contributed by atoms with E-state index in [-0.39, 0.29) is 27.8 Å². The van der Waals surface area contributed by atoms with Gasteiger partial charge in [0, 0.05) is 11.3 Å². The number of carbonyl (C=O) groups excluding carboxylic acids is 1. The third kappa shape index (κ3) is 5.21. The van der Waals surface area contributed by atoms with Crippen molar-refractivity contribution in [3.05, 3.63) is 56.0 Å². The summed E-state index contributed by atoms with van der Waals surface area (Å²) in [6, 6.07) is 6.43. The number of nitrogens with one attached hydrogen (secondary N) is 2. The predicted octanol–water partition coefficient (Wildman–Crippen LogP) is 7.65. The number of carbonyl (C=O) groups is 1. The summed E-state index contributed by atoms with van der Waals surface area (Å²) in [5.41, 5.74) is 1.95. The number of hydrogen-bond acceptors (Lipinski definition) is 6. The normalized spacial score (nSPS) is 20.6. The second-order valence-electron chi connectivity index (χ2n) is 11.3. The first-order chi connectivity index (χ1) is 18.8. The summed E-state index contributed by atoms with van der Waals surface area (Å²) in [5, 5.41) is 20.3. The number of nitriles is 1. The number of halogens is 4. The molecule has 1 aromatic carbocycles. The Bertz CT molecular complexity index is 1480. The molecule has 0 saturated heterocycles. The summed E-state index contributed by atoms with van der Waals surface area (Å²) in [4.78, 5) is 14.5. The second kappa shape index (κ2) is 10.4. The van der Waals surface area contributed by atoms with Crippen LogP contribution in [0.5, 0.6) is 5.75 Å². The molecule has 0 unspecified atom stereocenters. The Morgan fingerprint density at radius 2 is 1.98 bits per heavy atom. The standard InChI is InChI=1S/C28H29BrF3N5O2S/c1-27(2,3)15-7-10-17-18(13-33)26(40-20(17)11-15)35-25(38)23-22(29)24-34-19(14-5-8-16(39-4)9-6-14)12-21(28(30,31)32)37(24)36-23/h5-6,8-9,15,19,21,34H,7,10-12H2,1-4H3,(H,35,38)/t15-,19-,21+/m1/s1. The zero-order valence-electron chi connectivity index (χ0n) is 22.4. The van der Waals surface area contributed by atoms with Crippen molar-refractivity contribution in [1.29, 1.82) is 5.26 Å². The molecule has 0 fully saturated rings. The molecule has 1 aliphatic carbocycles. The number of aromatic nitrogens is 2. The Kier molecular flexibility index (Phi) is 7.42. The molecule has 3 aromatic rings. The highest BCUT2D eigenvalue weighted by molar-refractivity contribution is 9.10. The fraction of sp³-hybridized carbons (Fsp3) is 0.464. The van der Waals surface area contributed by atoms with Gasteiger partial charge in [0.1, 0.15) is 22.6 Å². The number of ether oxygens (including phenoxy) is 1. The highest BCUT2D eigenvalue weighted by Gasteiger charge is 2.48. The van der Waals surface area contributed by atoms with Crippen LogP contribution in [0.15, 0.2) is 28.7 Å². The van der Waals surface area contributed by atoms with Gasteiger partial charge >= 0.3 is 6.18 Å². The van der Waals surface area contributed by atoms with E-state index in [0.29, 0.717) is 27.8 Å². The molecule has 0 bridgehead atoms. The van der Waals surface area contributed by atoms with Crippen LogP contribution >= 0.6 is 27.3 Å². The summed E-state index contributed by atoms with van der Waals surface area (Å²) in [5.74, 6) is 0.434. The molecule has 1 amide bonds. The molecule has 0 saturated carbocycles. The van der Waals surface area contributed by atoms with Crippen molar-refractivity contribution in [2.75, 3.05) is 17.7 Å². The van der Waals surface area contributed by atoms with Gasteiger partial charge in [0.15, 0.2) is 11.7 Å². The van der Waals surface area contributed by atoms with Crippen molar-refractivity contribution in [2.45, 2.75) is 64.7 Å². The van der Waals surface area contributed by atoms with Gasteiger partial charge in [-0.05, 0) is 69.8 Å². The zero-order chi connectivity index (χ0) is 29.0. The number of amides is 1. The minimum absolute atomic E-state index is 0.0681. The molecule has 2 aliphatic rings. The van der Waals surface area contributed by atoms with Crippen molar-refractivity contribution in [1.82, 2.24) is 9.78 Å². The van der Waals surface area contributed by atoms with Crippen LogP contribution in [0.2, 0.25) is 0 Å². The third-order valence-electron chi connectivity index (χ3n) is 7.86. The summed E-state index contributed by atoms with van der Waals surface area (Å²) < 4.78 is 48.7. The van der Waals surface area contributed by atoms with E-state index in [2.05, 4.69) is 58.5 Å². The van der Waals surface area contributed by atoms with Crippen LogP contribution < -0.4 is 15.4 Å². The molecule has 2 aromatic heterocycles. The Labute approximate surface area is 242 Å². The first-order valence-corrected chi connectivity index (χ1v) is 14.5. The minimum Gasteiger partial charge on any atom is -0.497 e. The molecule has 7 nitrogen and oxygen atoms in total. The van der Waals surface area contributed by atoms with Crippen molar-refractivity contribution >= 4 is 44.0 Å². The third-order valence-corrected chi connectivity index (χ3v) is 9.78. The van der Waals surface area contributed by atoms with E-state index in [1.54, 1.807) is 24.3 Å². The van der Waals surface area contributed by atoms with Gasteiger partial charge in [-0.3, -0.25) is 4.79 Å². The fourth-order valence-electron chi connectivity index (χ4n) is 5.48. The number of hydrogen-bond donors (Lipinski definition) is 2. The smallest absolute Gasteiger partial charge is 0.410 e. The predicted molar refractivity (Wildman–Crippen MR) is 151 cm³/mol. The van der Waals surface area contributed by atoms with E-state index >= 15 is 0 Å². The van der Waals surface area contributed by atoms with Gasteiger partial charge in [0.05, 0.1) is 23.2 Å². The lowest BCUT2D eigenvalue weighted by atomic mass is 9.72. The maximum Gasteiger partial charge on any atom is 0.410 e. The first kappa shape index (κ1) is 28.5. The van der Waals surface area contributed by atoms with Gasteiger partial charge in [0.25, 0.3) is 5.91 Å². The SMILES string of the molecule is COc1ccc([C@H]2C[C@@H](C(F)(F)F)n3nc(C(=O)Nc4sc5c(c4C#N)CC[C@@H](C(C)(C)C)C5)c(Br)c3N2)cc1. The average molecular weight is 637 g/mol. The molecule has 1 aliphatic heterocycles. The monoisotopic (exact) mass is 635 g/mol. The summed E-state index contributed by atoms with van der Waals surface area (Å²) >= 11 is 4.70. The molecule has 3 atom stereocenters. The second-order valence-corrected chi connectivity index (χ2v) is 13.2. The molecule has 5 rings (SSSR count). The quantitative estimate of drug-likeness (QED) is 0.307. The first-order valence-electron chi connectivity index (χ1n) is 12.9. The summed E-state index contributed by atoms with van der Waals surface area (Å²) in [7, 11) is 1.52. The number of alkyl halides is 3. The van der Waals surface area contributed by atoms with Gasteiger partial charge in [-0.1, -0.05) is 32.9 Å². The van der Waals surface area contributed by atoms with Crippen LogP contribution in [-0.2, 0) is 12.8 Å². The number of rotatable bonds is 4. The van der Waals surface area contributed by atoms with Crippen molar-refractivity contribution in [2.24, 2.45) is 11.3 Å². The van der Waals surface area contributed by atoms with E-state index in [1.165, 1.54) is 18.4 Å². The molecule has 12 heteroatoms. The zero-order valence-corrected chi connectivity index (χ0v) is 24.9. The topological polar surface area (TPSA) is 92.0 Å². The number of nitrogens with zero attached hydrogens (tertiary/aromatic N) is 3. The van der Waals surface area contributed by atoms with E-state index < -0.39 is 24.2 Å². The molecule has 3 heterocycles. The molecular formula is C28H29BrF3N5O2S.